The number of hydrogen-bond acceptors (Lipinski definition) is 5. The molecule has 7 nitrogen and oxygen atoms in total. The number of nitrogens with one attached hydrogen (secondary N) is 2. The lowest BCUT2D eigenvalue weighted by Crippen LogP contribution is -2.20. The van der Waals surface area contributed by atoms with E-state index in [0.29, 0.717) is 35.8 Å². The van der Waals surface area contributed by atoms with Crippen LogP contribution in [0.5, 0.6) is 11.5 Å². The first kappa shape index (κ1) is 22.3. The zero-order valence-electron chi connectivity index (χ0n) is 17.9. The molecule has 1 aliphatic heterocycles. The predicted octanol–water partition coefficient (Wildman–Crippen LogP) is 5.73. The minimum Gasteiger partial charge on any atom is -0.486 e. The second-order valence-electron chi connectivity index (χ2n) is 7.61. The van der Waals surface area contributed by atoms with E-state index < -0.39 is 29.1 Å². The summed E-state index contributed by atoms with van der Waals surface area (Å²) in [6.07, 6.45) is -4.73. The molecule has 2 N–H and O–H groups in total. The molecule has 4 aromatic rings. The molecule has 0 atom stereocenters. The Morgan fingerprint density at radius 2 is 1.51 bits per heavy atom. The first-order valence-corrected chi connectivity index (χ1v) is 10.5. The molecule has 0 fully saturated rings. The fraction of sp³-hybridized carbons (Fsp3) is 0.120. The topological polar surface area (TPSA) is 89.8 Å². The third kappa shape index (κ3) is 4.37. The number of para-hydroxylation sites is 1. The highest BCUT2D eigenvalue weighted by atomic mass is 19.4. The van der Waals surface area contributed by atoms with Crippen molar-refractivity contribution in [2.24, 2.45) is 0 Å². The van der Waals surface area contributed by atoms with E-state index >= 15 is 0 Å². The number of halogens is 3. The van der Waals surface area contributed by atoms with Crippen LogP contribution in [-0.4, -0.2) is 25.0 Å². The number of hydrogen-bond donors (Lipinski definition) is 2. The second kappa shape index (κ2) is 8.71. The molecule has 5 rings (SSSR count). The lowest BCUT2D eigenvalue weighted by molar-refractivity contribution is -0.137. The molecule has 35 heavy (non-hydrogen) atoms. The predicted molar refractivity (Wildman–Crippen MR) is 121 cm³/mol. The molecular weight excluding hydrogens is 465 g/mol. The van der Waals surface area contributed by atoms with Crippen LogP contribution in [-0.2, 0) is 6.18 Å². The van der Waals surface area contributed by atoms with Gasteiger partial charge in [-0.1, -0.05) is 24.3 Å². The van der Waals surface area contributed by atoms with Gasteiger partial charge in [-0.2, -0.15) is 13.2 Å². The lowest BCUT2D eigenvalue weighted by atomic mass is 10.1. The van der Waals surface area contributed by atoms with E-state index in [1.54, 1.807) is 42.5 Å². The largest absolute Gasteiger partial charge is 0.486 e. The van der Waals surface area contributed by atoms with Crippen LogP contribution in [0.3, 0.4) is 0 Å². The van der Waals surface area contributed by atoms with Gasteiger partial charge in [0, 0.05) is 17.1 Å². The van der Waals surface area contributed by atoms with Gasteiger partial charge in [-0.25, -0.2) is 0 Å². The number of rotatable bonds is 4. The van der Waals surface area contributed by atoms with E-state index in [2.05, 4.69) is 10.6 Å². The van der Waals surface area contributed by atoms with E-state index in [1.807, 2.05) is 0 Å². The van der Waals surface area contributed by atoms with E-state index in [0.717, 1.165) is 12.1 Å². The van der Waals surface area contributed by atoms with E-state index in [1.165, 1.54) is 12.1 Å². The summed E-state index contributed by atoms with van der Waals surface area (Å²) in [4.78, 5) is 26.0. The van der Waals surface area contributed by atoms with Gasteiger partial charge in [0.15, 0.2) is 11.5 Å². The van der Waals surface area contributed by atoms with Crippen molar-refractivity contribution in [2.45, 2.75) is 6.18 Å². The average molecular weight is 482 g/mol. The standard InChI is InChI=1S/C25H17F3N2O5/c26-25(27,28)17-7-3-1-5-15(17)23(31)30-21-16-6-2-4-8-18(16)35-22(21)24(32)29-14-9-10-19-20(13-14)34-12-11-33-19/h1-10,13H,11-12H2,(H,29,32)(H,30,31). The van der Waals surface area contributed by atoms with Crippen molar-refractivity contribution in [3.63, 3.8) is 0 Å². The third-order valence-corrected chi connectivity index (χ3v) is 5.32. The molecule has 0 saturated carbocycles. The maximum atomic E-state index is 13.4. The number of anilines is 2. The molecule has 2 amide bonds. The van der Waals surface area contributed by atoms with E-state index in [9.17, 15) is 22.8 Å². The Balaban J connectivity index is 1.49. The highest BCUT2D eigenvalue weighted by Crippen LogP contribution is 2.36. The highest BCUT2D eigenvalue weighted by Gasteiger charge is 2.35. The molecular formula is C25H17F3N2O5. The van der Waals surface area contributed by atoms with Crippen molar-refractivity contribution in [3.05, 3.63) is 83.6 Å². The number of carbonyl (C=O) groups is 2. The number of benzene rings is 3. The minimum absolute atomic E-state index is 0.0439. The number of fused-ring (bicyclic) bond motifs is 2. The monoisotopic (exact) mass is 482 g/mol. The molecule has 0 radical (unpaired) electrons. The number of amides is 2. The molecule has 1 aliphatic rings. The Hall–Kier alpha value is -4.47. The second-order valence-corrected chi connectivity index (χ2v) is 7.61. The summed E-state index contributed by atoms with van der Waals surface area (Å²) in [7, 11) is 0. The molecule has 178 valence electrons. The molecule has 0 unspecified atom stereocenters. The number of alkyl halides is 3. The van der Waals surface area contributed by atoms with Gasteiger partial charge in [0.05, 0.1) is 11.1 Å². The SMILES string of the molecule is O=C(Nc1c(C(=O)Nc2ccc3c(c2)OCCO3)oc2ccccc12)c1ccccc1C(F)(F)F. The van der Waals surface area contributed by atoms with Crippen molar-refractivity contribution >= 4 is 34.2 Å². The summed E-state index contributed by atoms with van der Waals surface area (Å²) in [6, 6.07) is 15.7. The van der Waals surface area contributed by atoms with Crippen LogP contribution in [0.15, 0.2) is 71.1 Å². The van der Waals surface area contributed by atoms with Crippen molar-refractivity contribution in [1.82, 2.24) is 0 Å². The summed E-state index contributed by atoms with van der Waals surface area (Å²) >= 11 is 0. The Kier molecular flexibility index (Phi) is 5.56. The molecule has 0 saturated heterocycles. The molecule has 3 aromatic carbocycles. The van der Waals surface area contributed by atoms with Gasteiger partial charge in [-0.05, 0) is 36.4 Å². The van der Waals surface area contributed by atoms with Gasteiger partial charge >= 0.3 is 6.18 Å². The average Bonchev–Trinajstić information content (AvgIpc) is 3.22. The Morgan fingerprint density at radius 3 is 2.31 bits per heavy atom. The molecule has 0 spiro atoms. The number of carbonyl (C=O) groups excluding carboxylic acids is 2. The van der Waals surface area contributed by atoms with E-state index in [-0.39, 0.29) is 17.0 Å². The maximum Gasteiger partial charge on any atom is 0.417 e. The number of ether oxygens (including phenoxy) is 2. The summed E-state index contributed by atoms with van der Waals surface area (Å²) in [6.45, 7) is 0.780. The summed E-state index contributed by atoms with van der Waals surface area (Å²) in [5.74, 6) is -1.01. The molecule has 1 aromatic heterocycles. The maximum absolute atomic E-state index is 13.4. The summed E-state index contributed by atoms with van der Waals surface area (Å²) in [5.41, 5.74) is -1.06. The zero-order valence-corrected chi connectivity index (χ0v) is 17.9. The molecule has 10 heteroatoms. The quantitative estimate of drug-likeness (QED) is 0.388. The smallest absolute Gasteiger partial charge is 0.417 e. The van der Waals surface area contributed by atoms with Gasteiger partial charge in [0.1, 0.15) is 24.5 Å². The van der Waals surface area contributed by atoms with Gasteiger partial charge in [-0.15, -0.1) is 0 Å². The Labute approximate surface area is 196 Å². The van der Waals surface area contributed by atoms with Crippen molar-refractivity contribution in [2.75, 3.05) is 23.8 Å². The lowest BCUT2D eigenvalue weighted by Gasteiger charge is -2.19. The van der Waals surface area contributed by atoms with Crippen LogP contribution in [0.4, 0.5) is 24.5 Å². The first-order chi connectivity index (χ1) is 16.8. The van der Waals surface area contributed by atoms with Crippen LogP contribution in [0.1, 0.15) is 26.5 Å². The van der Waals surface area contributed by atoms with Crippen LogP contribution in [0, 0.1) is 0 Å². The van der Waals surface area contributed by atoms with Crippen molar-refractivity contribution < 1.29 is 36.7 Å². The zero-order chi connectivity index (χ0) is 24.6. The first-order valence-electron chi connectivity index (χ1n) is 10.5. The van der Waals surface area contributed by atoms with Gasteiger partial charge < -0.3 is 24.5 Å². The van der Waals surface area contributed by atoms with E-state index in [4.69, 9.17) is 13.9 Å². The number of furan rings is 1. The van der Waals surface area contributed by atoms with Crippen LogP contribution < -0.4 is 20.1 Å². The van der Waals surface area contributed by atoms with Crippen LogP contribution in [0.25, 0.3) is 11.0 Å². The van der Waals surface area contributed by atoms with Crippen LogP contribution in [0.2, 0.25) is 0 Å². The van der Waals surface area contributed by atoms with Crippen molar-refractivity contribution in [1.29, 1.82) is 0 Å². The van der Waals surface area contributed by atoms with Gasteiger partial charge in [0.2, 0.25) is 5.76 Å². The molecule has 0 aliphatic carbocycles. The summed E-state index contributed by atoms with van der Waals surface area (Å²) < 4.78 is 56.9. The highest BCUT2D eigenvalue weighted by molar-refractivity contribution is 6.17. The Morgan fingerprint density at radius 1 is 0.800 bits per heavy atom. The Bertz CT molecular complexity index is 1440. The third-order valence-electron chi connectivity index (χ3n) is 5.32. The van der Waals surface area contributed by atoms with Crippen LogP contribution >= 0.6 is 0 Å². The fourth-order valence-corrected chi connectivity index (χ4v) is 3.75. The minimum atomic E-state index is -4.73. The van der Waals surface area contributed by atoms with Crippen molar-refractivity contribution in [3.8, 4) is 11.5 Å². The van der Waals surface area contributed by atoms with Gasteiger partial charge in [-0.3, -0.25) is 9.59 Å². The molecule has 0 bridgehead atoms. The molecule has 2 heterocycles. The fourth-order valence-electron chi connectivity index (χ4n) is 3.75. The van der Waals surface area contributed by atoms with Gasteiger partial charge in [0.25, 0.3) is 11.8 Å². The normalized spacial score (nSPS) is 12.9. The summed E-state index contributed by atoms with van der Waals surface area (Å²) in [5, 5.41) is 5.46.